The Morgan fingerprint density at radius 3 is 1.66 bits per heavy atom. The number of hydrogen-bond acceptors (Lipinski definition) is 3. The van der Waals surface area contributed by atoms with Gasteiger partial charge in [0.25, 0.3) is 0 Å². The van der Waals surface area contributed by atoms with Crippen molar-refractivity contribution in [1.29, 1.82) is 0 Å². The molecule has 3 nitrogen and oxygen atoms in total. The number of hydrogen-bond donors (Lipinski definition) is 0. The van der Waals surface area contributed by atoms with Gasteiger partial charge in [-0.1, -0.05) is 103 Å². The molecule has 0 saturated heterocycles. The highest BCUT2D eigenvalue weighted by atomic mass is 16.3. The number of pyridine rings is 2. The lowest BCUT2D eigenvalue weighted by atomic mass is 9.99. The molecule has 0 unspecified atom stereocenters. The van der Waals surface area contributed by atoms with E-state index in [1.165, 1.54) is 21.5 Å². The second-order valence-corrected chi connectivity index (χ2v) is 12.3. The molecule has 7 aromatic carbocycles. The van der Waals surface area contributed by atoms with E-state index in [9.17, 15) is 0 Å². The van der Waals surface area contributed by atoms with Gasteiger partial charge >= 0.3 is 0 Å². The summed E-state index contributed by atoms with van der Waals surface area (Å²) in [7, 11) is 0. The molecule has 47 heavy (non-hydrogen) atoms. The van der Waals surface area contributed by atoms with Gasteiger partial charge in [0, 0.05) is 32.7 Å². The zero-order chi connectivity index (χ0) is 30.9. The molecule has 3 heterocycles. The standard InChI is InChI=1S/C44H26N2O/c1-2-7-30-24-36-25-35(15-14-32(36)22-29(30)6-1)40-20-17-28-13-12-27-16-19-39(45-43(27)44(28)46-40)34-9-5-8-31(23-34)33-18-21-42-38(26-33)37-10-3-4-11-41(37)47-42/h1-26H. The lowest BCUT2D eigenvalue weighted by molar-refractivity contribution is 0.669. The van der Waals surface area contributed by atoms with Crippen molar-refractivity contribution in [2.24, 2.45) is 0 Å². The maximum atomic E-state index is 6.07. The molecule has 0 saturated carbocycles. The SMILES string of the molecule is c1cc(-c2ccc3oc4ccccc4c3c2)cc(-c2ccc3ccc4ccc(-c5ccc6cc7ccccc7cc6c5)nc4c3n2)c1. The van der Waals surface area contributed by atoms with Gasteiger partial charge in [0.05, 0.1) is 22.4 Å². The number of rotatable bonds is 3. The predicted octanol–water partition coefficient (Wildman–Crippen LogP) is 12.0. The second kappa shape index (κ2) is 10.1. The number of para-hydroxylation sites is 1. The second-order valence-electron chi connectivity index (χ2n) is 12.3. The molecule has 0 aliphatic rings. The Labute approximate surface area is 270 Å². The summed E-state index contributed by atoms with van der Waals surface area (Å²) in [6, 6.07) is 55.7. The van der Waals surface area contributed by atoms with Gasteiger partial charge in [-0.25, -0.2) is 9.97 Å². The van der Waals surface area contributed by atoms with E-state index >= 15 is 0 Å². The van der Waals surface area contributed by atoms with Crippen LogP contribution >= 0.6 is 0 Å². The van der Waals surface area contributed by atoms with Crippen molar-refractivity contribution in [2.75, 3.05) is 0 Å². The molecule has 10 aromatic rings. The predicted molar refractivity (Wildman–Crippen MR) is 196 cm³/mol. The molecule has 0 fully saturated rings. The molecule has 0 aliphatic heterocycles. The van der Waals surface area contributed by atoms with Gasteiger partial charge in [-0.05, 0) is 87.3 Å². The first-order valence-corrected chi connectivity index (χ1v) is 15.9. The van der Waals surface area contributed by atoms with Crippen molar-refractivity contribution in [2.45, 2.75) is 0 Å². The molecule has 0 spiro atoms. The molecule has 0 radical (unpaired) electrons. The average molecular weight is 599 g/mol. The summed E-state index contributed by atoms with van der Waals surface area (Å²) >= 11 is 0. The summed E-state index contributed by atoms with van der Waals surface area (Å²) in [5.41, 5.74) is 9.94. The van der Waals surface area contributed by atoms with Crippen LogP contribution in [0.2, 0.25) is 0 Å². The fraction of sp³-hybridized carbons (Fsp3) is 0. The average Bonchev–Trinajstić information content (AvgIpc) is 3.51. The highest BCUT2D eigenvalue weighted by Crippen LogP contribution is 2.35. The van der Waals surface area contributed by atoms with Gasteiger partial charge in [-0.2, -0.15) is 0 Å². The Hall–Kier alpha value is -6.32. The quantitative estimate of drug-likeness (QED) is 0.150. The number of fused-ring (bicyclic) bond motifs is 8. The third kappa shape index (κ3) is 4.28. The lowest BCUT2D eigenvalue weighted by Crippen LogP contribution is -1.91. The van der Waals surface area contributed by atoms with Gasteiger partial charge in [-0.3, -0.25) is 0 Å². The molecule has 218 valence electrons. The van der Waals surface area contributed by atoms with E-state index in [0.717, 1.165) is 77.4 Å². The van der Waals surface area contributed by atoms with Crippen LogP contribution in [0.5, 0.6) is 0 Å². The lowest BCUT2D eigenvalue weighted by Gasteiger charge is -2.10. The smallest absolute Gasteiger partial charge is 0.135 e. The van der Waals surface area contributed by atoms with E-state index in [2.05, 4.69) is 146 Å². The first kappa shape index (κ1) is 26.0. The summed E-state index contributed by atoms with van der Waals surface area (Å²) in [6.45, 7) is 0. The van der Waals surface area contributed by atoms with Crippen LogP contribution in [0.1, 0.15) is 0 Å². The van der Waals surface area contributed by atoms with Crippen LogP contribution in [-0.4, -0.2) is 9.97 Å². The van der Waals surface area contributed by atoms with E-state index in [1.54, 1.807) is 0 Å². The molecule has 3 aromatic heterocycles. The van der Waals surface area contributed by atoms with Crippen molar-refractivity contribution in [3.05, 3.63) is 158 Å². The summed E-state index contributed by atoms with van der Waals surface area (Å²) in [6.07, 6.45) is 0. The molecule has 0 atom stereocenters. The largest absolute Gasteiger partial charge is 0.456 e. The Morgan fingerprint density at radius 1 is 0.319 bits per heavy atom. The minimum Gasteiger partial charge on any atom is -0.456 e. The Kier molecular flexibility index (Phi) is 5.57. The molecule has 0 aliphatic carbocycles. The summed E-state index contributed by atoms with van der Waals surface area (Å²) in [5, 5.41) is 9.34. The van der Waals surface area contributed by atoms with Gasteiger partial charge in [-0.15, -0.1) is 0 Å². The first-order valence-electron chi connectivity index (χ1n) is 15.9. The normalized spacial score (nSPS) is 11.8. The first-order chi connectivity index (χ1) is 23.2. The Balaban J connectivity index is 1.07. The molecule has 0 bridgehead atoms. The van der Waals surface area contributed by atoms with Crippen molar-refractivity contribution in [3.63, 3.8) is 0 Å². The minimum absolute atomic E-state index is 0.901. The number of nitrogens with zero attached hydrogens (tertiary/aromatic N) is 2. The maximum absolute atomic E-state index is 6.07. The fourth-order valence-electron chi connectivity index (χ4n) is 6.95. The van der Waals surface area contributed by atoms with Crippen molar-refractivity contribution in [1.82, 2.24) is 9.97 Å². The van der Waals surface area contributed by atoms with E-state index < -0.39 is 0 Å². The monoisotopic (exact) mass is 598 g/mol. The zero-order valence-corrected chi connectivity index (χ0v) is 25.3. The van der Waals surface area contributed by atoms with E-state index in [1.807, 2.05) is 12.1 Å². The Morgan fingerprint density at radius 2 is 0.872 bits per heavy atom. The fourth-order valence-corrected chi connectivity index (χ4v) is 6.95. The number of furan rings is 1. The van der Waals surface area contributed by atoms with Crippen LogP contribution in [-0.2, 0) is 0 Å². The Bertz CT molecular complexity index is 2860. The summed E-state index contributed by atoms with van der Waals surface area (Å²) in [4.78, 5) is 10.5. The zero-order valence-electron chi connectivity index (χ0n) is 25.3. The van der Waals surface area contributed by atoms with Crippen LogP contribution in [0.3, 0.4) is 0 Å². The van der Waals surface area contributed by atoms with Crippen molar-refractivity contribution < 1.29 is 4.42 Å². The maximum Gasteiger partial charge on any atom is 0.135 e. The summed E-state index contributed by atoms with van der Waals surface area (Å²) in [5.74, 6) is 0. The number of aromatic nitrogens is 2. The summed E-state index contributed by atoms with van der Waals surface area (Å²) < 4.78 is 6.07. The van der Waals surface area contributed by atoms with Crippen molar-refractivity contribution in [3.8, 4) is 33.6 Å². The molecule has 0 amide bonds. The van der Waals surface area contributed by atoms with Crippen molar-refractivity contribution >= 4 is 65.3 Å². The van der Waals surface area contributed by atoms with Gasteiger partial charge in [0.2, 0.25) is 0 Å². The minimum atomic E-state index is 0.901. The van der Waals surface area contributed by atoms with Gasteiger partial charge < -0.3 is 4.42 Å². The van der Waals surface area contributed by atoms with E-state index in [0.29, 0.717) is 0 Å². The van der Waals surface area contributed by atoms with Crippen LogP contribution in [0, 0.1) is 0 Å². The molecular formula is C44H26N2O. The van der Waals surface area contributed by atoms with Gasteiger partial charge in [0.1, 0.15) is 11.2 Å². The van der Waals surface area contributed by atoms with Crippen LogP contribution in [0.4, 0.5) is 0 Å². The van der Waals surface area contributed by atoms with Crippen LogP contribution < -0.4 is 0 Å². The van der Waals surface area contributed by atoms with Gasteiger partial charge in [0.15, 0.2) is 0 Å². The number of benzene rings is 7. The molecule has 3 heteroatoms. The third-order valence-corrected chi connectivity index (χ3v) is 9.39. The van der Waals surface area contributed by atoms with Crippen LogP contribution in [0.15, 0.2) is 162 Å². The molecule has 10 rings (SSSR count). The topological polar surface area (TPSA) is 38.9 Å². The van der Waals surface area contributed by atoms with Crippen LogP contribution in [0.25, 0.3) is 98.9 Å². The van der Waals surface area contributed by atoms with E-state index in [-0.39, 0.29) is 0 Å². The molecule has 0 N–H and O–H groups in total. The highest BCUT2D eigenvalue weighted by molar-refractivity contribution is 6.07. The van der Waals surface area contributed by atoms with E-state index in [4.69, 9.17) is 14.4 Å². The molecular weight excluding hydrogens is 572 g/mol. The third-order valence-electron chi connectivity index (χ3n) is 9.39. The highest BCUT2D eigenvalue weighted by Gasteiger charge is 2.12.